The van der Waals surface area contributed by atoms with Gasteiger partial charge in [0, 0.05) is 19.5 Å². The number of hydrogen-bond donors (Lipinski definition) is 0. The van der Waals surface area contributed by atoms with Gasteiger partial charge in [-0.25, -0.2) is 0 Å². The molecular weight excluding hydrogens is 198 g/mol. The lowest BCUT2D eigenvalue weighted by atomic mass is 10.1. The molecule has 1 aromatic carbocycles. The SMILES string of the molecule is CCc1ccc(CCN2CCCC2=O)cc1. The number of amides is 1. The molecule has 0 N–H and O–H groups in total. The number of hydrogen-bond acceptors (Lipinski definition) is 1. The van der Waals surface area contributed by atoms with Crippen LogP contribution >= 0.6 is 0 Å². The van der Waals surface area contributed by atoms with Gasteiger partial charge in [0.25, 0.3) is 0 Å². The summed E-state index contributed by atoms with van der Waals surface area (Å²) in [5.41, 5.74) is 2.71. The summed E-state index contributed by atoms with van der Waals surface area (Å²) in [6.45, 7) is 3.99. The zero-order chi connectivity index (χ0) is 11.4. The summed E-state index contributed by atoms with van der Waals surface area (Å²) in [6.07, 6.45) is 3.85. The minimum Gasteiger partial charge on any atom is -0.342 e. The lowest BCUT2D eigenvalue weighted by Crippen LogP contribution is -2.26. The fraction of sp³-hybridized carbons (Fsp3) is 0.500. The minimum atomic E-state index is 0.324. The summed E-state index contributed by atoms with van der Waals surface area (Å²) < 4.78 is 0. The van der Waals surface area contributed by atoms with Crippen LogP contribution in [0.2, 0.25) is 0 Å². The fourth-order valence-electron chi connectivity index (χ4n) is 2.15. The van der Waals surface area contributed by atoms with Gasteiger partial charge in [0.05, 0.1) is 0 Å². The van der Waals surface area contributed by atoms with E-state index in [1.165, 1.54) is 11.1 Å². The lowest BCUT2D eigenvalue weighted by Gasteiger charge is -2.15. The highest BCUT2D eigenvalue weighted by Crippen LogP contribution is 2.11. The molecule has 1 fully saturated rings. The Hall–Kier alpha value is -1.31. The van der Waals surface area contributed by atoms with E-state index in [0.717, 1.165) is 38.8 Å². The van der Waals surface area contributed by atoms with E-state index in [1.54, 1.807) is 0 Å². The molecule has 0 radical (unpaired) electrons. The van der Waals surface area contributed by atoms with Crippen molar-refractivity contribution in [1.82, 2.24) is 4.90 Å². The lowest BCUT2D eigenvalue weighted by molar-refractivity contribution is -0.127. The molecule has 1 aliphatic rings. The topological polar surface area (TPSA) is 20.3 Å². The average Bonchev–Trinajstić information content (AvgIpc) is 2.73. The number of likely N-dealkylation sites (tertiary alicyclic amines) is 1. The Morgan fingerprint density at radius 2 is 1.88 bits per heavy atom. The summed E-state index contributed by atoms with van der Waals surface area (Å²) in [5, 5.41) is 0. The molecule has 1 amide bonds. The number of rotatable bonds is 4. The predicted molar refractivity (Wildman–Crippen MR) is 65.3 cm³/mol. The van der Waals surface area contributed by atoms with Gasteiger partial charge in [0.2, 0.25) is 5.91 Å². The van der Waals surface area contributed by atoms with Crippen LogP contribution in [0, 0.1) is 0 Å². The third kappa shape index (κ3) is 2.63. The first kappa shape index (κ1) is 11.2. The maximum Gasteiger partial charge on any atom is 0.222 e. The molecule has 2 rings (SSSR count). The molecule has 0 aromatic heterocycles. The molecule has 1 aliphatic heterocycles. The van der Waals surface area contributed by atoms with Crippen molar-refractivity contribution in [2.45, 2.75) is 32.6 Å². The maximum atomic E-state index is 11.4. The van der Waals surface area contributed by atoms with Crippen molar-refractivity contribution in [2.24, 2.45) is 0 Å². The summed E-state index contributed by atoms with van der Waals surface area (Å²) in [6, 6.07) is 8.72. The van der Waals surface area contributed by atoms with Gasteiger partial charge in [-0.2, -0.15) is 0 Å². The quantitative estimate of drug-likeness (QED) is 0.758. The van der Waals surface area contributed by atoms with Crippen LogP contribution in [0.4, 0.5) is 0 Å². The molecular formula is C14H19NO. The molecule has 0 unspecified atom stereocenters. The van der Waals surface area contributed by atoms with Crippen molar-refractivity contribution in [2.75, 3.05) is 13.1 Å². The van der Waals surface area contributed by atoms with E-state index < -0.39 is 0 Å². The van der Waals surface area contributed by atoms with Crippen LogP contribution in [-0.4, -0.2) is 23.9 Å². The minimum absolute atomic E-state index is 0.324. The van der Waals surface area contributed by atoms with E-state index in [1.807, 2.05) is 4.90 Å². The summed E-state index contributed by atoms with van der Waals surface area (Å²) in [7, 11) is 0. The molecule has 2 nitrogen and oxygen atoms in total. The monoisotopic (exact) mass is 217 g/mol. The largest absolute Gasteiger partial charge is 0.342 e. The Kier molecular flexibility index (Phi) is 3.60. The molecule has 2 heteroatoms. The number of carbonyl (C=O) groups is 1. The number of carbonyl (C=O) groups excluding carboxylic acids is 1. The van der Waals surface area contributed by atoms with Gasteiger partial charge in [-0.3, -0.25) is 4.79 Å². The second kappa shape index (κ2) is 5.15. The van der Waals surface area contributed by atoms with E-state index in [2.05, 4.69) is 31.2 Å². The Morgan fingerprint density at radius 3 is 2.44 bits per heavy atom. The zero-order valence-electron chi connectivity index (χ0n) is 9.91. The van der Waals surface area contributed by atoms with Crippen LogP contribution in [0.25, 0.3) is 0 Å². The molecule has 86 valence electrons. The van der Waals surface area contributed by atoms with Crippen LogP contribution in [0.5, 0.6) is 0 Å². The molecule has 1 aromatic rings. The van der Waals surface area contributed by atoms with Gasteiger partial charge in [-0.05, 0) is 30.4 Å². The Morgan fingerprint density at radius 1 is 1.19 bits per heavy atom. The van der Waals surface area contributed by atoms with Crippen molar-refractivity contribution < 1.29 is 4.79 Å². The van der Waals surface area contributed by atoms with E-state index >= 15 is 0 Å². The highest BCUT2D eigenvalue weighted by atomic mass is 16.2. The molecule has 16 heavy (non-hydrogen) atoms. The highest BCUT2D eigenvalue weighted by molar-refractivity contribution is 5.78. The maximum absolute atomic E-state index is 11.4. The van der Waals surface area contributed by atoms with E-state index in [-0.39, 0.29) is 0 Å². The average molecular weight is 217 g/mol. The first-order valence-corrected chi connectivity index (χ1v) is 6.15. The van der Waals surface area contributed by atoms with Crippen LogP contribution in [0.1, 0.15) is 30.9 Å². The molecule has 0 spiro atoms. The normalized spacial score (nSPS) is 15.8. The molecule has 1 heterocycles. The van der Waals surface area contributed by atoms with Crippen molar-refractivity contribution in [3.05, 3.63) is 35.4 Å². The standard InChI is InChI=1S/C14H19NO/c1-2-12-5-7-13(8-6-12)9-11-15-10-3-4-14(15)16/h5-8H,2-4,9-11H2,1H3. The highest BCUT2D eigenvalue weighted by Gasteiger charge is 2.19. The molecule has 0 bridgehead atoms. The van der Waals surface area contributed by atoms with E-state index in [4.69, 9.17) is 0 Å². The third-order valence-electron chi connectivity index (χ3n) is 3.27. The first-order chi connectivity index (χ1) is 7.79. The number of aryl methyl sites for hydroxylation is 1. The van der Waals surface area contributed by atoms with Crippen molar-refractivity contribution in [3.8, 4) is 0 Å². The second-order valence-electron chi connectivity index (χ2n) is 4.40. The third-order valence-corrected chi connectivity index (χ3v) is 3.27. The first-order valence-electron chi connectivity index (χ1n) is 6.15. The molecule has 0 saturated carbocycles. The Bertz CT molecular complexity index is 356. The van der Waals surface area contributed by atoms with Crippen LogP contribution < -0.4 is 0 Å². The van der Waals surface area contributed by atoms with Crippen molar-refractivity contribution in [3.63, 3.8) is 0 Å². The zero-order valence-corrected chi connectivity index (χ0v) is 9.91. The van der Waals surface area contributed by atoms with Gasteiger partial charge in [-0.1, -0.05) is 31.2 Å². The fourth-order valence-corrected chi connectivity index (χ4v) is 2.15. The van der Waals surface area contributed by atoms with Crippen molar-refractivity contribution in [1.29, 1.82) is 0 Å². The van der Waals surface area contributed by atoms with Crippen LogP contribution in [0.15, 0.2) is 24.3 Å². The summed E-state index contributed by atoms with van der Waals surface area (Å²) in [4.78, 5) is 13.4. The Labute approximate surface area is 97.3 Å². The molecule has 0 aliphatic carbocycles. The van der Waals surface area contributed by atoms with E-state index in [0.29, 0.717) is 5.91 Å². The predicted octanol–water partition coefficient (Wildman–Crippen LogP) is 2.41. The van der Waals surface area contributed by atoms with Gasteiger partial charge >= 0.3 is 0 Å². The number of nitrogens with zero attached hydrogens (tertiary/aromatic N) is 1. The van der Waals surface area contributed by atoms with Gasteiger partial charge in [0.1, 0.15) is 0 Å². The van der Waals surface area contributed by atoms with E-state index in [9.17, 15) is 4.79 Å². The summed E-state index contributed by atoms with van der Waals surface area (Å²) in [5.74, 6) is 0.324. The number of benzene rings is 1. The smallest absolute Gasteiger partial charge is 0.222 e. The van der Waals surface area contributed by atoms with Crippen molar-refractivity contribution >= 4 is 5.91 Å². The van der Waals surface area contributed by atoms with Gasteiger partial charge < -0.3 is 4.90 Å². The summed E-state index contributed by atoms with van der Waals surface area (Å²) >= 11 is 0. The Balaban J connectivity index is 1.86. The van der Waals surface area contributed by atoms with Gasteiger partial charge in [0.15, 0.2) is 0 Å². The molecule has 0 atom stereocenters. The van der Waals surface area contributed by atoms with Crippen LogP contribution in [0.3, 0.4) is 0 Å². The van der Waals surface area contributed by atoms with Crippen LogP contribution in [-0.2, 0) is 17.6 Å². The second-order valence-corrected chi connectivity index (χ2v) is 4.40. The van der Waals surface area contributed by atoms with Gasteiger partial charge in [-0.15, -0.1) is 0 Å². The molecule has 1 saturated heterocycles.